The summed E-state index contributed by atoms with van der Waals surface area (Å²) in [6, 6.07) is -2.29. The molecule has 0 spiro atoms. The number of primary amides is 1. The van der Waals surface area contributed by atoms with Gasteiger partial charge in [-0.05, 0) is 18.8 Å². The van der Waals surface area contributed by atoms with Gasteiger partial charge >= 0.3 is 6.03 Å². The molecule has 0 saturated heterocycles. The number of nitrogens with one attached hydrogen (secondary N) is 3. The fourth-order valence-electron chi connectivity index (χ4n) is 3.28. The standard InChI is InChI=1S/C23H37N5O8/c1-4-17(29)16(6-5-9-25-23(24)34)26-22(33)21(15(2)3)27-18(30)14-36-13-12-35-11-10-28-19(31)7-8-20(28)32/h7-8,15-16,21H,4-6,9-14H2,1-3H3,(H,26,33)(H,27,30)(H3,24,25,34)/t16-,21?/m0/s1. The molecule has 6 amide bonds. The fraction of sp³-hybridized carbons (Fsp3) is 0.652. The topological polar surface area (TPSA) is 186 Å². The predicted octanol–water partition coefficient (Wildman–Crippen LogP) is -1.00. The molecule has 1 rings (SSSR count). The smallest absolute Gasteiger partial charge is 0.312 e. The van der Waals surface area contributed by atoms with Crippen molar-refractivity contribution in [1.82, 2.24) is 20.9 Å². The van der Waals surface area contributed by atoms with Crippen LogP contribution in [0.15, 0.2) is 12.2 Å². The highest BCUT2D eigenvalue weighted by molar-refractivity contribution is 6.12. The Labute approximate surface area is 210 Å². The van der Waals surface area contributed by atoms with Crippen LogP contribution in [-0.2, 0) is 33.4 Å². The Hall–Kier alpha value is -3.32. The van der Waals surface area contributed by atoms with Crippen LogP contribution in [0.1, 0.15) is 40.0 Å². The number of rotatable bonds is 18. The van der Waals surface area contributed by atoms with Gasteiger partial charge in [-0.15, -0.1) is 0 Å². The number of Topliss-reactive ketones (excluding diaryl/α,β-unsaturated/α-hetero) is 1. The maximum atomic E-state index is 12.8. The summed E-state index contributed by atoms with van der Waals surface area (Å²) in [4.78, 5) is 72.1. The van der Waals surface area contributed by atoms with Crippen LogP contribution < -0.4 is 21.7 Å². The van der Waals surface area contributed by atoms with E-state index in [2.05, 4.69) is 16.0 Å². The maximum absolute atomic E-state index is 12.8. The number of carbonyl (C=O) groups excluding carboxylic acids is 6. The molecule has 0 saturated carbocycles. The molecule has 0 aliphatic carbocycles. The summed E-state index contributed by atoms with van der Waals surface area (Å²) in [5.41, 5.74) is 5.02. The van der Waals surface area contributed by atoms with E-state index in [1.54, 1.807) is 20.8 Å². The van der Waals surface area contributed by atoms with Gasteiger partial charge in [0.05, 0.1) is 32.4 Å². The van der Waals surface area contributed by atoms with Crippen LogP contribution in [0, 0.1) is 5.92 Å². The van der Waals surface area contributed by atoms with E-state index in [1.165, 1.54) is 12.2 Å². The molecule has 1 aliphatic heterocycles. The largest absolute Gasteiger partial charge is 0.377 e. The van der Waals surface area contributed by atoms with Crippen molar-refractivity contribution in [2.75, 3.05) is 39.5 Å². The Kier molecular flexibility index (Phi) is 14.0. The van der Waals surface area contributed by atoms with Crippen molar-refractivity contribution in [3.63, 3.8) is 0 Å². The minimum atomic E-state index is -0.877. The lowest BCUT2D eigenvalue weighted by atomic mass is 10.0. The van der Waals surface area contributed by atoms with E-state index in [4.69, 9.17) is 15.2 Å². The molecule has 0 aromatic heterocycles. The van der Waals surface area contributed by atoms with E-state index < -0.39 is 29.9 Å². The number of imide groups is 1. The average Bonchev–Trinajstić information content (AvgIpc) is 3.14. The van der Waals surface area contributed by atoms with E-state index in [9.17, 15) is 28.8 Å². The minimum absolute atomic E-state index is 0.0958. The highest BCUT2D eigenvalue weighted by atomic mass is 16.5. The van der Waals surface area contributed by atoms with Gasteiger partial charge in [0, 0.05) is 25.1 Å². The second-order valence-electron chi connectivity index (χ2n) is 8.43. The van der Waals surface area contributed by atoms with Gasteiger partial charge in [0.25, 0.3) is 11.8 Å². The molecule has 202 valence electrons. The molecule has 13 nitrogen and oxygen atoms in total. The van der Waals surface area contributed by atoms with Crippen LogP contribution in [0.25, 0.3) is 0 Å². The highest BCUT2D eigenvalue weighted by Gasteiger charge is 2.28. The number of hydrogen-bond donors (Lipinski definition) is 4. The van der Waals surface area contributed by atoms with Gasteiger partial charge in [-0.25, -0.2) is 4.79 Å². The second-order valence-corrected chi connectivity index (χ2v) is 8.43. The monoisotopic (exact) mass is 511 g/mol. The number of urea groups is 1. The fourth-order valence-corrected chi connectivity index (χ4v) is 3.28. The van der Waals surface area contributed by atoms with E-state index >= 15 is 0 Å². The Morgan fingerprint density at radius 2 is 1.64 bits per heavy atom. The highest BCUT2D eigenvalue weighted by Crippen LogP contribution is 2.07. The van der Waals surface area contributed by atoms with Gasteiger partial charge in [-0.2, -0.15) is 0 Å². The minimum Gasteiger partial charge on any atom is -0.377 e. The van der Waals surface area contributed by atoms with Crippen LogP contribution in [0.5, 0.6) is 0 Å². The van der Waals surface area contributed by atoms with Crippen LogP contribution in [-0.4, -0.2) is 91.9 Å². The first kappa shape index (κ1) is 30.7. The molecule has 1 aliphatic rings. The normalized spacial score (nSPS) is 14.6. The molecule has 13 heteroatoms. The number of ketones is 1. The molecule has 1 heterocycles. The van der Waals surface area contributed by atoms with Gasteiger partial charge in [0.15, 0.2) is 5.78 Å². The summed E-state index contributed by atoms with van der Waals surface area (Å²) in [5, 5.41) is 7.75. The van der Waals surface area contributed by atoms with E-state index in [0.717, 1.165) is 4.90 Å². The first-order valence-corrected chi connectivity index (χ1v) is 11.9. The number of hydrogen-bond acceptors (Lipinski definition) is 8. The molecule has 0 fully saturated rings. The first-order valence-electron chi connectivity index (χ1n) is 11.9. The Morgan fingerprint density at radius 1 is 1.00 bits per heavy atom. The average molecular weight is 512 g/mol. The molecule has 0 aromatic rings. The zero-order valence-electron chi connectivity index (χ0n) is 21.0. The molecular formula is C23H37N5O8. The maximum Gasteiger partial charge on any atom is 0.312 e. The molecule has 0 radical (unpaired) electrons. The van der Waals surface area contributed by atoms with Gasteiger partial charge < -0.3 is 31.2 Å². The van der Waals surface area contributed by atoms with Crippen LogP contribution >= 0.6 is 0 Å². The number of amides is 6. The molecular weight excluding hydrogens is 474 g/mol. The second kappa shape index (κ2) is 16.4. The predicted molar refractivity (Wildman–Crippen MR) is 128 cm³/mol. The molecule has 2 atom stereocenters. The van der Waals surface area contributed by atoms with E-state index in [-0.39, 0.29) is 69.5 Å². The Balaban J connectivity index is 2.38. The van der Waals surface area contributed by atoms with Crippen molar-refractivity contribution in [1.29, 1.82) is 0 Å². The third-order valence-electron chi connectivity index (χ3n) is 5.25. The van der Waals surface area contributed by atoms with Crippen molar-refractivity contribution in [2.45, 2.75) is 52.1 Å². The van der Waals surface area contributed by atoms with Gasteiger partial charge in [0.2, 0.25) is 11.8 Å². The van der Waals surface area contributed by atoms with Crippen molar-refractivity contribution >= 4 is 35.4 Å². The lowest BCUT2D eigenvalue weighted by molar-refractivity contribution is -0.138. The molecule has 0 aromatic carbocycles. The van der Waals surface area contributed by atoms with Crippen molar-refractivity contribution in [3.8, 4) is 0 Å². The number of carbonyl (C=O) groups is 6. The van der Waals surface area contributed by atoms with E-state index in [0.29, 0.717) is 12.8 Å². The molecule has 1 unspecified atom stereocenters. The summed E-state index contributed by atoms with van der Waals surface area (Å²) in [6.45, 7) is 5.69. The zero-order valence-corrected chi connectivity index (χ0v) is 21.0. The van der Waals surface area contributed by atoms with Crippen LogP contribution in [0.2, 0.25) is 0 Å². The van der Waals surface area contributed by atoms with Crippen LogP contribution in [0.3, 0.4) is 0 Å². The van der Waals surface area contributed by atoms with E-state index in [1.807, 2.05) is 0 Å². The Bertz CT molecular complexity index is 811. The van der Waals surface area contributed by atoms with Crippen molar-refractivity contribution in [3.05, 3.63) is 12.2 Å². The molecule has 36 heavy (non-hydrogen) atoms. The number of nitrogens with zero attached hydrogens (tertiary/aromatic N) is 1. The van der Waals surface area contributed by atoms with Crippen molar-refractivity contribution < 1.29 is 38.2 Å². The summed E-state index contributed by atoms with van der Waals surface area (Å²) >= 11 is 0. The van der Waals surface area contributed by atoms with Gasteiger partial charge in [-0.1, -0.05) is 20.8 Å². The number of nitrogens with two attached hydrogens (primary N) is 1. The third kappa shape index (κ3) is 11.4. The zero-order chi connectivity index (χ0) is 27.1. The Morgan fingerprint density at radius 3 is 2.22 bits per heavy atom. The molecule has 5 N–H and O–H groups in total. The summed E-state index contributed by atoms with van der Waals surface area (Å²) in [5.74, 6) is -2.17. The lowest BCUT2D eigenvalue weighted by Crippen LogP contribution is -2.54. The number of ether oxygens (including phenoxy) is 2. The first-order chi connectivity index (χ1) is 17.1. The van der Waals surface area contributed by atoms with Gasteiger partial charge in [0.1, 0.15) is 12.6 Å². The SMILES string of the molecule is CCC(=O)[C@H](CCCNC(N)=O)NC(=O)C(NC(=O)COCCOCCN1C(=O)C=CC1=O)C(C)C. The summed E-state index contributed by atoms with van der Waals surface area (Å²) < 4.78 is 10.6. The molecule has 0 bridgehead atoms. The third-order valence-corrected chi connectivity index (χ3v) is 5.25. The lowest BCUT2D eigenvalue weighted by Gasteiger charge is -2.25. The van der Waals surface area contributed by atoms with Crippen molar-refractivity contribution in [2.24, 2.45) is 11.7 Å². The summed E-state index contributed by atoms with van der Waals surface area (Å²) in [7, 11) is 0. The summed E-state index contributed by atoms with van der Waals surface area (Å²) in [6.07, 6.45) is 3.37. The quantitative estimate of drug-likeness (QED) is 0.133. The van der Waals surface area contributed by atoms with Crippen LogP contribution in [0.4, 0.5) is 4.79 Å². The van der Waals surface area contributed by atoms with Gasteiger partial charge in [-0.3, -0.25) is 28.9 Å².